The van der Waals surface area contributed by atoms with Crippen LogP contribution in [0.25, 0.3) is 0 Å². The topological polar surface area (TPSA) is 29.5 Å². The van der Waals surface area contributed by atoms with Gasteiger partial charge in [0.15, 0.2) is 0 Å². The van der Waals surface area contributed by atoms with E-state index in [1.807, 2.05) is 13.8 Å². The van der Waals surface area contributed by atoms with E-state index in [0.717, 1.165) is 18.3 Å². The molecule has 0 heterocycles. The Morgan fingerprint density at radius 1 is 0.765 bits per heavy atom. The van der Waals surface area contributed by atoms with Crippen LogP contribution in [0.4, 0.5) is 0 Å². The van der Waals surface area contributed by atoms with E-state index in [0.29, 0.717) is 0 Å². The Kier molecular flexibility index (Phi) is 7.23. The molecule has 34 heavy (non-hydrogen) atoms. The first-order valence-corrected chi connectivity index (χ1v) is 13.5. The predicted octanol–water partition coefficient (Wildman–Crippen LogP) is 7.01. The van der Waals surface area contributed by atoms with Crippen molar-refractivity contribution in [1.29, 1.82) is 0 Å². The SMILES string of the molecule is CC(C)(O)C(C)(C)O[B]c1cccc(S(C2=CCCC=C2)(c2ccccc2)c2ccccc2)c1. The molecule has 3 aromatic carbocycles. The zero-order valence-corrected chi connectivity index (χ0v) is 21.4. The average molecular weight is 469 g/mol. The second kappa shape index (κ2) is 9.99. The van der Waals surface area contributed by atoms with Gasteiger partial charge in [0.1, 0.15) is 0 Å². The number of benzene rings is 3. The van der Waals surface area contributed by atoms with Gasteiger partial charge in [-0.2, -0.15) is 0 Å². The molecule has 4 heteroatoms. The monoisotopic (exact) mass is 469 g/mol. The van der Waals surface area contributed by atoms with Gasteiger partial charge in [-0.25, -0.2) is 0 Å². The summed E-state index contributed by atoms with van der Waals surface area (Å²) >= 11 is 0. The van der Waals surface area contributed by atoms with Crippen molar-refractivity contribution in [3.63, 3.8) is 0 Å². The Labute approximate surface area is 207 Å². The summed E-state index contributed by atoms with van der Waals surface area (Å²) in [6, 6.07) is 30.4. The van der Waals surface area contributed by atoms with Gasteiger partial charge in [0.25, 0.3) is 0 Å². The van der Waals surface area contributed by atoms with Gasteiger partial charge in [0.05, 0.1) is 11.2 Å². The molecule has 4 rings (SSSR count). The maximum absolute atomic E-state index is 10.5. The summed E-state index contributed by atoms with van der Waals surface area (Å²) in [5, 5.41) is 10.5. The van der Waals surface area contributed by atoms with Gasteiger partial charge < -0.3 is 9.76 Å². The fourth-order valence-corrected chi connectivity index (χ4v) is 8.05. The molecule has 0 spiro atoms. The standard InChI is InChI=1S/C30H34BO2S/c1-29(2,32)30(3,4)33-31-24-15-14-22-28(23-24)34(25-16-8-5-9-17-25,26-18-10-6-11-19-26)27-20-12-7-13-21-27/h5-6,8-12,14-23,32H,7,13H2,1-4H3. The minimum absolute atomic E-state index is 0.722. The number of rotatable bonds is 8. The van der Waals surface area contributed by atoms with Crippen molar-refractivity contribution in [2.24, 2.45) is 0 Å². The minimum atomic E-state index is -1.69. The van der Waals surface area contributed by atoms with E-state index in [2.05, 4.69) is 103 Å². The van der Waals surface area contributed by atoms with Crippen LogP contribution in [0.1, 0.15) is 40.5 Å². The highest BCUT2D eigenvalue weighted by atomic mass is 32.3. The van der Waals surface area contributed by atoms with Crippen molar-refractivity contribution in [2.75, 3.05) is 0 Å². The molecular formula is C30H34BO2S. The van der Waals surface area contributed by atoms with Crippen LogP contribution in [-0.2, 0) is 4.65 Å². The van der Waals surface area contributed by atoms with Gasteiger partial charge in [0, 0.05) is 14.7 Å². The van der Waals surface area contributed by atoms with E-state index in [-0.39, 0.29) is 0 Å². The molecular weight excluding hydrogens is 435 g/mol. The van der Waals surface area contributed by atoms with Crippen molar-refractivity contribution < 1.29 is 9.76 Å². The molecule has 0 aromatic heterocycles. The van der Waals surface area contributed by atoms with Crippen molar-refractivity contribution in [3.05, 3.63) is 108 Å². The van der Waals surface area contributed by atoms with E-state index in [1.165, 1.54) is 19.6 Å². The normalized spacial score (nSPS) is 15.0. The van der Waals surface area contributed by atoms with E-state index in [1.54, 1.807) is 21.3 Å². The molecule has 1 aliphatic carbocycles. The fourth-order valence-electron chi connectivity index (χ4n) is 4.02. The highest BCUT2D eigenvalue weighted by molar-refractivity contribution is 8.37. The third-order valence-electron chi connectivity index (χ3n) is 6.68. The lowest BCUT2D eigenvalue weighted by Crippen LogP contribution is -2.49. The van der Waals surface area contributed by atoms with Crippen LogP contribution in [0.15, 0.2) is 123 Å². The fraction of sp³-hybridized carbons (Fsp3) is 0.267. The van der Waals surface area contributed by atoms with Crippen LogP contribution < -0.4 is 5.46 Å². The Morgan fingerprint density at radius 2 is 1.35 bits per heavy atom. The third kappa shape index (κ3) is 4.81. The van der Waals surface area contributed by atoms with Crippen molar-refractivity contribution in [3.8, 4) is 0 Å². The smallest absolute Gasteiger partial charge is 0.330 e. The lowest BCUT2D eigenvalue weighted by molar-refractivity contribution is -0.0893. The molecule has 0 aliphatic heterocycles. The second-order valence-electron chi connectivity index (χ2n) is 9.70. The Morgan fingerprint density at radius 3 is 1.88 bits per heavy atom. The maximum Gasteiger partial charge on any atom is 0.330 e. The van der Waals surface area contributed by atoms with Crippen LogP contribution in [0, 0.1) is 0 Å². The largest absolute Gasteiger partial charge is 0.427 e. The zero-order chi connectivity index (χ0) is 24.2. The number of allylic oxidation sites excluding steroid dienone is 3. The highest BCUT2D eigenvalue weighted by Gasteiger charge is 2.37. The quantitative estimate of drug-likeness (QED) is 0.360. The lowest BCUT2D eigenvalue weighted by Gasteiger charge is -2.43. The number of aliphatic hydroxyl groups is 1. The summed E-state index contributed by atoms with van der Waals surface area (Å²) in [6.45, 7) is 7.38. The summed E-state index contributed by atoms with van der Waals surface area (Å²) in [7, 11) is 0.0948. The Bertz CT molecular complexity index is 1120. The average Bonchev–Trinajstić information content (AvgIpc) is 2.85. The van der Waals surface area contributed by atoms with Crippen LogP contribution in [0.5, 0.6) is 0 Å². The molecule has 0 bridgehead atoms. The van der Waals surface area contributed by atoms with Crippen molar-refractivity contribution >= 4 is 23.0 Å². The summed E-state index contributed by atoms with van der Waals surface area (Å²) in [5.74, 6) is 0. The third-order valence-corrected chi connectivity index (χ3v) is 10.6. The van der Waals surface area contributed by atoms with E-state index >= 15 is 0 Å². The van der Waals surface area contributed by atoms with E-state index in [4.69, 9.17) is 4.65 Å². The van der Waals surface area contributed by atoms with Crippen molar-refractivity contribution in [1.82, 2.24) is 0 Å². The summed E-state index contributed by atoms with van der Waals surface area (Å²) < 4.78 is 6.11. The molecule has 3 aromatic rings. The molecule has 0 saturated carbocycles. The van der Waals surface area contributed by atoms with Crippen molar-refractivity contribution in [2.45, 2.75) is 66.4 Å². The Hall–Kier alpha value is -2.53. The van der Waals surface area contributed by atoms with Crippen LogP contribution in [0.3, 0.4) is 0 Å². The lowest BCUT2D eigenvalue weighted by atomic mass is 9.83. The van der Waals surface area contributed by atoms with E-state index in [9.17, 15) is 5.11 Å². The van der Waals surface area contributed by atoms with Gasteiger partial charge in [0.2, 0.25) is 0 Å². The summed E-state index contributed by atoms with van der Waals surface area (Å²) in [4.78, 5) is 5.26. The number of hydrogen-bond acceptors (Lipinski definition) is 2. The molecule has 1 aliphatic rings. The maximum atomic E-state index is 10.5. The minimum Gasteiger partial charge on any atom is -0.427 e. The molecule has 1 radical (unpaired) electrons. The molecule has 0 unspecified atom stereocenters. The van der Waals surface area contributed by atoms with Crippen LogP contribution in [0.2, 0.25) is 0 Å². The Balaban J connectivity index is 1.88. The first-order chi connectivity index (χ1) is 16.2. The van der Waals surface area contributed by atoms with E-state index < -0.39 is 21.2 Å². The first-order valence-electron chi connectivity index (χ1n) is 11.9. The summed E-state index contributed by atoms with van der Waals surface area (Å²) in [6.07, 6.45) is 9.17. The molecule has 0 amide bonds. The van der Waals surface area contributed by atoms with Gasteiger partial charge in [-0.05, 0) is 75.8 Å². The molecule has 1 N–H and O–H groups in total. The molecule has 2 nitrogen and oxygen atoms in total. The zero-order valence-electron chi connectivity index (χ0n) is 20.6. The first kappa shape index (κ1) is 24.6. The molecule has 175 valence electrons. The molecule has 0 atom stereocenters. The van der Waals surface area contributed by atoms with Gasteiger partial charge >= 0.3 is 7.48 Å². The second-order valence-corrected chi connectivity index (χ2v) is 12.8. The van der Waals surface area contributed by atoms with Gasteiger partial charge in [-0.15, -0.1) is 10.0 Å². The number of hydrogen-bond donors (Lipinski definition) is 1. The highest BCUT2D eigenvalue weighted by Crippen LogP contribution is 2.73. The van der Waals surface area contributed by atoms with Gasteiger partial charge in [-0.3, -0.25) is 0 Å². The van der Waals surface area contributed by atoms with Gasteiger partial charge in [-0.1, -0.05) is 78.3 Å². The molecule has 0 fully saturated rings. The molecule has 0 saturated heterocycles. The summed E-state index contributed by atoms with van der Waals surface area (Å²) in [5.41, 5.74) is -0.707. The predicted molar refractivity (Wildman–Crippen MR) is 145 cm³/mol. The van der Waals surface area contributed by atoms with Crippen LogP contribution in [-0.4, -0.2) is 23.8 Å². The van der Waals surface area contributed by atoms with Crippen LogP contribution >= 0.6 is 10.0 Å².